The van der Waals surface area contributed by atoms with Gasteiger partial charge in [-0.1, -0.05) is 18.2 Å². The lowest BCUT2D eigenvalue weighted by Crippen LogP contribution is -2.19. The van der Waals surface area contributed by atoms with Crippen molar-refractivity contribution in [3.05, 3.63) is 36.0 Å². The van der Waals surface area contributed by atoms with Crippen LogP contribution < -0.4 is 0 Å². The number of rotatable bonds is 6. The molecule has 0 spiro atoms. The number of hydrogen-bond donors (Lipinski definition) is 1. The lowest BCUT2D eigenvalue weighted by atomic mass is 10.1. The minimum atomic E-state index is 0.274. The molecule has 0 aliphatic carbocycles. The Labute approximate surface area is 108 Å². The lowest BCUT2D eigenvalue weighted by Gasteiger charge is -2.15. The molecule has 3 nitrogen and oxygen atoms in total. The number of para-hydroxylation sites is 1. The van der Waals surface area contributed by atoms with Crippen LogP contribution in [0.1, 0.15) is 25.3 Å². The van der Waals surface area contributed by atoms with Crippen LogP contribution in [-0.2, 0) is 11.3 Å². The van der Waals surface area contributed by atoms with Crippen LogP contribution in [0.2, 0.25) is 0 Å². The summed E-state index contributed by atoms with van der Waals surface area (Å²) >= 11 is 0. The summed E-state index contributed by atoms with van der Waals surface area (Å²) in [7, 11) is 2.10. The maximum absolute atomic E-state index is 10.9. The van der Waals surface area contributed by atoms with E-state index >= 15 is 0 Å². The summed E-state index contributed by atoms with van der Waals surface area (Å²) in [5.41, 5.74) is 2.50. The largest absolute Gasteiger partial charge is 0.361 e. The Balaban J connectivity index is 1.94. The maximum atomic E-state index is 10.9. The van der Waals surface area contributed by atoms with Crippen LogP contribution in [0.4, 0.5) is 0 Å². The number of aromatic amines is 1. The van der Waals surface area contributed by atoms with E-state index in [4.69, 9.17) is 0 Å². The fraction of sp³-hybridized carbons (Fsp3) is 0.400. The predicted octanol–water partition coefficient (Wildman–Crippen LogP) is 2.97. The van der Waals surface area contributed by atoms with E-state index in [2.05, 4.69) is 41.3 Å². The quantitative estimate of drug-likeness (QED) is 0.848. The summed E-state index contributed by atoms with van der Waals surface area (Å²) in [5.74, 6) is 0.274. The molecule has 96 valence electrons. The summed E-state index contributed by atoms with van der Waals surface area (Å²) in [5, 5.41) is 1.29. The first kappa shape index (κ1) is 12.8. The molecule has 1 N–H and O–H groups in total. The van der Waals surface area contributed by atoms with E-state index in [0.717, 1.165) is 19.5 Å². The topological polar surface area (TPSA) is 36.1 Å². The summed E-state index contributed by atoms with van der Waals surface area (Å²) in [6.45, 7) is 3.53. The highest BCUT2D eigenvalue weighted by Gasteiger charge is 2.06. The molecule has 0 fully saturated rings. The molecule has 0 atom stereocenters. The number of Topliss-reactive ketones (excluding diaryl/α,β-unsaturated/α-hetero) is 1. The molecule has 2 rings (SSSR count). The van der Waals surface area contributed by atoms with Crippen LogP contribution in [0.15, 0.2) is 30.5 Å². The van der Waals surface area contributed by atoms with E-state index in [1.54, 1.807) is 6.92 Å². The number of ketones is 1. The van der Waals surface area contributed by atoms with E-state index in [1.807, 2.05) is 6.07 Å². The van der Waals surface area contributed by atoms with Crippen molar-refractivity contribution >= 4 is 16.7 Å². The molecule has 0 saturated carbocycles. The van der Waals surface area contributed by atoms with Gasteiger partial charge in [-0.05, 0) is 38.6 Å². The third-order valence-corrected chi connectivity index (χ3v) is 3.18. The van der Waals surface area contributed by atoms with Crippen LogP contribution in [0, 0.1) is 0 Å². The number of aromatic nitrogens is 1. The Morgan fingerprint density at radius 2 is 2.11 bits per heavy atom. The van der Waals surface area contributed by atoms with Crippen LogP contribution in [0.3, 0.4) is 0 Å². The zero-order valence-corrected chi connectivity index (χ0v) is 11.1. The van der Waals surface area contributed by atoms with Crippen molar-refractivity contribution in [3.8, 4) is 0 Å². The van der Waals surface area contributed by atoms with Crippen LogP contribution in [0.5, 0.6) is 0 Å². The number of carbonyl (C=O) groups is 1. The molecule has 2 aromatic rings. The highest BCUT2D eigenvalue weighted by Crippen LogP contribution is 2.18. The van der Waals surface area contributed by atoms with Gasteiger partial charge in [0.1, 0.15) is 5.78 Å². The maximum Gasteiger partial charge on any atom is 0.129 e. The molecule has 0 aliphatic heterocycles. The second kappa shape index (κ2) is 5.83. The number of benzene rings is 1. The van der Waals surface area contributed by atoms with Crippen molar-refractivity contribution in [2.45, 2.75) is 26.3 Å². The molecule has 0 radical (unpaired) electrons. The van der Waals surface area contributed by atoms with Crippen LogP contribution >= 0.6 is 0 Å². The second-order valence-electron chi connectivity index (χ2n) is 4.90. The van der Waals surface area contributed by atoms with Gasteiger partial charge in [-0.3, -0.25) is 0 Å². The van der Waals surface area contributed by atoms with Crippen LogP contribution in [-0.4, -0.2) is 29.3 Å². The molecule has 3 heteroatoms. The molecule has 0 aliphatic rings. The lowest BCUT2D eigenvalue weighted by molar-refractivity contribution is -0.117. The molecule has 0 saturated heterocycles. The van der Waals surface area contributed by atoms with Gasteiger partial charge < -0.3 is 14.7 Å². The molecule has 1 aromatic carbocycles. The van der Waals surface area contributed by atoms with Gasteiger partial charge in [0.15, 0.2) is 0 Å². The average molecular weight is 244 g/mol. The van der Waals surface area contributed by atoms with Gasteiger partial charge in [-0.2, -0.15) is 0 Å². The zero-order valence-electron chi connectivity index (χ0n) is 11.1. The number of hydrogen-bond acceptors (Lipinski definition) is 2. The van der Waals surface area contributed by atoms with Gasteiger partial charge in [0.25, 0.3) is 0 Å². The smallest absolute Gasteiger partial charge is 0.129 e. The SMILES string of the molecule is CC(=O)CCCN(C)Cc1c[nH]c2ccccc12. The average Bonchev–Trinajstić information content (AvgIpc) is 2.72. The standard InChI is InChI=1S/C15H20N2O/c1-12(18)6-5-9-17(2)11-13-10-16-15-8-4-3-7-14(13)15/h3-4,7-8,10,16H,5-6,9,11H2,1-2H3. The van der Waals surface area contributed by atoms with Crippen molar-refractivity contribution < 1.29 is 4.79 Å². The highest BCUT2D eigenvalue weighted by molar-refractivity contribution is 5.82. The minimum absolute atomic E-state index is 0.274. The van der Waals surface area contributed by atoms with Crippen molar-refractivity contribution in [3.63, 3.8) is 0 Å². The number of H-pyrrole nitrogens is 1. The Bertz CT molecular complexity index is 530. The zero-order chi connectivity index (χ0) is 13.0. The Hall–Kier alpha value is -1.61. The molecular formula is C15H20N2O. The summed E-state index contributed by atoms with van der Waals surface area (Å²) in [6.07, 6.45) is 3.69. The first-order chi connectivity index (χ1) is 8.66. The van der Waals surface area contributed by atoms with Gasteiger partial charge in [0, 0.05) is 30.1 Å². The number of nitrogens with zero attached hydrogens (tertiary/aromatic N) is 1. The molecule has 1 heterocycles. The van der Waals surface area contributed by atoms with Crippen molar-refractivity contribution in [2.24, 2.45) is 0 Å². The Kier molecular flexibility index (Phi) is 4.15. The fourth-order valence-corrected chi connectivity index (χ4v) is 2.23. The van der Waals surface area contributed by atoms with E-state index < -0.39 is 0 Å². The molecule has 0 amide bonds. The first-order valence-electron chi connectivity index (χ1n) is 6.40. The number of nitrogens with one attached hydrogen (secondary N) is 1. The van der Waals surface area contributed by atoms with Crippen molar-refractivity contribution in [1.82, 2.24) is 9.88 Å². The van der Waals surface area contributed by atoms with Gasteiger partial charge in [0.05, 0.1) is 0 Å². The normalized spacial score (nSPS) is 11.3. The summed E-state index contributed by atoms with van der Waals surface area (Å²) in [4.78, 5) is 16.4. The predicted molar refractivity (Wildman–Crippen MR) is 74.5 cm³/mol. The molecule has 1 aromatic heterocycles. The molecule has 0 unspecified atom stereocenters. The van der Waals surface area contributed by atoms with Crippen LogP contribution in [0.25, 0.3) is 10.9 Å². The fourth-order valence-electron chi connectivity index (χ4n) is 2.23. The van der Waals surface area contributed by atoms with E-state index in [1.165, 1.54) is 16.5 Å². The Morgan fingerprint density at radius 1 is 1.33 bits per heavy atom. The first-order valence-corrected chi connectivity index (χ1v) is 6.40. The number of fused-ring (bicyclic) bond motifs is 1. The third kappa shape index (κ3) is 3.20. The summed E-state index contributed by atoms with van der Waals surface area (Å²) < 4.78 is 0. The van der Waals surface area contributed by atoms with Gasteiger partial charge in [-0.25, -0.2) is 0 Å². The molecule has 0 bridgehead atoms. The number of carbonyl (C=O) groups excluding carboxylic acids is 1. The third-order valence-electron chi connectivity index (χ3n) is 3.18. The van der Waals surface area contributed by atoms with Gasteiger partial charge in [-0.15, -0.1) is 0 Å². The van der Waals surface area contributed by atoms with Gasteiger partial charge >= 0.3 is 0 Å². The minimum Gasteiger partial charge on any atom is -0.361 e. The molecule has 18 heavy (non-hydrogen) atoms. The van der Waals surface area contributed by atoms with Crippen molar-refractivity contribution in [2.75, 3.05) is 13.6 Å². The monoisotopic (exact) mass is 244 g/mol. The van der Waals surface area contributed by atoms with E-state index in [9.17, 15) is 4.79 Å². The Morgan fingerprint density at radius 3 is 2.89 bits per heavy atom. The second-order valence-corrected chi connectivity index (χ2v) is 4.90. The van der Waals surface area contributed by atoms with E-state index in [0.29, 0.717) is 6.42 Å². The van der Waals surface area contributed by atoms with Gasteiger partial charge in [0.2, 0.25) is 0 Å². The van der Waals surface area contributed by atoms with E-state index in [-0.39, 0.29) is 5.78 Å². The summed E-state index contributed by atoms with van der Waals surface area (Å²) in [6, 6.07) is 8.34. The van der Waals surface area contributed by atoms with Crippen molar-refractivity contribution in [1.29, 1.82) is 0 Å². The molecular weight excluding hydrogens is 224 g/mol. The highest BCUT2D eigenvalue weighted by atomic mass is 16.1.